The lowest BCUT2D eigenvalue weighted by Gasteiger charge is -2.25. The Labute approximate surface area is 296 Å². The summed E-state index contributed by atoms with van der Waals surface area (Å²) in [6.45, 7) is 0. The lowest BCUT2D eigenvalue weighted by Crippen LogP contribution is -2.40. The van der Waals surface area contributed by atoms with Gasteiger partial charge in [-0.25, -0.2) is 23.8 Å². The Balaban J connectivity index is 1.54. The Kier molecular flexibility index (Phi) is 9.80. The van der Waals surface area contributed by atoms with Crippen LogP contribution in [0.1, 0.15) is 37.9 Å². The number of esters is 1. The van der Waals surface area contributed by atoms with Crippen LogP contribution in [0.5, 0.6) is 0 Å². The molecule has 0 radical (unpaired) electrons. The second-order valence-electron chi connectivity index (χ2n) is 11.4. The molecule has 52 heavy (non-hydrogen) atoms. The molecule has 4 N–H and O–H groups in total. The smallest absolute Gasteiger partial charge is 0.339 e. The molecular weight excluding hydrogens is 691 g/mol. The Morgan fingerprint density at radius 2 is 1.44 bits per heavy atom. The van der Waals surface area contributed by atoms with Gasteiger partial charge in [0.15, 0.2) is 0 Å². The lowest BCUT2D eigenvalue weighted by molar-refractivity contribution is -0.384. The van der Waals surface area contributed by atoms with Crippen LogP contribution in [0.15, 0.2) is 137 Å². The molecule has 14 nitrogen and oxygen atoms in total. The summed E-state index contributed by atoms with van der Waals surface area (Å²) in [5, 5.41) is 23.5. The first-order valence-electron chi connectivity index (χ1n) is 15.5. The molecule has 1 heterocycles. The molecule has 6 rings (SSSR count). The van der Waals surface area contributed by atoms with Gasteiger partial charge in [-0.05, 0) is 35.4 Å². The van der Waals surface area contributed by atoms with Gasteiger partial charge < -0.3 is 10.1 Å². The summed E-state index contributed by atoms with van der Waals surface area (Å²) in [6.07, 6.45) is -1.44. The van der Waals surface area contributed by atoms with E-state index in [4.69, 9.17) is 9.88 Å². The number of hydrazone groups is 1. The zero-order chi connectivity index (χ0) is 37.0. The summed E-state index contributed by atoms with van der Waals surface area (Å²) in [4.78, 5) is 65.2. The second kappa shape index (κ2) is 14.6. The molecule has 0 saturated carbocycles. The molecule has 0 fully saturated rings. The summed E-state index contributed by atoms with van der Waals surface area (Å²) < 4.78 is 30.4. The standard InChI is InChI=1S/C37H27N5O9S/c38-52(49,50)30-20-9-8-19-29(30)35(44)41-40-32(26-16-5-4-15-25(26)22-11-2-1-3-12-22)31(34-27-17-6-7-18-28(27)37(46)51-34)33(43)36(45)39-23-13-10-14-24(21-23)42(47)48/h1-21,31,34H,(H,39,45)(H,41,44)(H2,38,49,50)/b40-32+/t31-,34-/m0/s1. The van der Waals surface area contributed by atoms with E-state index in [2.05, 4.69) is 15.8 Å². The van der Waals surface area contributed by atoms with Crippen molar-refractivity contribution in [2.24, 2.45) is 16.2 Å². The number of non-ortho nitro benzene ring substituents is 1. The SMILES string of the molecule is NS(=O)(=O)c1ccccc1C(=O)N/N=C(\c1ccccc1-c1ccccc1)[C@@H](C(=O)C(=O)Nc1cccc([N+](=O)[O-])c1)[C@H]1OC(=O)c2ccccc21. The Hall–Kier alpha value is -6.84. The number of amides is 2. The summed E-state index contributed by atoms with van der Waals surface area (Å²) in [7, 11) is -4.36. The van der Waals surface area contributed by atoms with Crippen molar-refractivity contribution in [1.29, 1.82) is 0 Å². The number of nitro groups is 1. The number of nitro benzene ring substituents is 1. The number of sulfonamides is 1. The summed E-state index contributed by atoms with van der Waals surface area (Å²) in [6, 6.07) is 31.9. The van der Waals surface area contributed by atoms with E-state index >= 15 is 0 Å². The Morgan fingerprint density at radius 3 is 2.15 bits per heavy atom. The average Bonchev–Trinajstić information content (AvgIpc) is 3.48. The van der Waals surface area contributed by atoms with Crippen molar-refractivity contribution in [3.05, 3.63) is 160 Å². The predicted molar refractivity (Wildman–Crippen MR) is 189 cm³/mol. The number of ether oxygens (including phenoxy) is 1. The zero-order valence-electron chi connectivity index (χ0n) is 26.8. The van der Waals surface area contributed by atoms with Crippen molar-refractivity contribution in [3.63, 3.8) is 0 Å². The van der Waals surface area contributed by atoms with E-state index in [9.17, 15) is 37.7 Å². The summed E-state index contributed by atoms with van der Waals surface area (Å²) >= 11 is 0. The highest BCUT2D eigenvalue weighted by atomic mass is 32.2. The summed E-state index contributed by atoms with van der Waals surface area (Å²) in [5.74, 6) is -5.94. The van der Waals surface area contributed by atoms with Crippen LogP contribution < -0.4 is 15.9 Å². The topological polar surface area (TPSA) is 217 Å². The number of anilines is 1. The largest absolute Gasteiger partial charge is 0.453 e. The first kappa shape index (κ1) is 35.0. The van der Waals surface area contributed by atoms with Gasteiger partial charge in [0.05, 0.1) is 26.7 Å². The Bertz CT molecular complexity index is 2400. The molecule has 5 aromatic rings. The van der Waals surface area contributed by atoms with Crippen LogP contribution in [-0.4, -0.2) is 42.6 Å². The van der Waals surface area contributed by atoms with Gasteiger partial charge in [0.25, 0.3) is 17.5 Å². The molecular formula is C37H27N5O9S. The van der Waals surface area contributed by atoms with Crippen LogP contribution in [-0.2, 0) is 24.3 Å². The molecule has 0 unspecified atom stereocenters. The van der Waals surface area contributed by atoms with Crippen molar-refractivity contribution in [2.45, 2.75) is 11.0 Å². The average molecular weight is 718 g/mol. The van der Waals surface area contributed by atoms with Gasteiger partial charge in [-0.15, -0.1) is 0 Å². The number of cyclic esters (lactones) is 1. The van der Waals surface area contributed by atoms with Gasteiger partial charge in [-0.3, -0.25) is 24.5 Å². The van der Waals surface area contributed by atoms with Crippen LogP contribution in [0.25, 0.3) is 11.1 Å². The van der Waals surface area contributed by atoms with E-state index in [1.165, 1.54) is 42.5 Å². The number of Topliss-reactive ketones (excluding diaryl/α,β-unsaturated/α-hetero) is 1. The van der Waals surface area contributed by atoms with E-state index in [0.717, 1.165) is 12.1 Å². The number of fused-ring (bicyclic) bond motifs is 1. The first-order valence-corrected chi connectivity index (χ1v) is 17.0. The number of nitrogens with zero attached hydrogens (tertiary/aromatic N) is 2. The monoisotopic (exact) mass is 717 g/mol. The maximum absolute atomic E-state index is 14.5. The van der Waals surface area contributed by atoms with E-state index < -0.39 is 55.4 Å². The molecule has 0 saturated heterocycles. The molecule has 1 aliphatic rings. The van der Waals surface area contributed by atoms with Gasteiger partial charge in [-0.1, -0.05) is 91.0 Å². The lowest BCUT2D eigenvalue weighted by atomic mass is 9.82. The number of hydrogen-bond donors (Lipinski definition) is 3. The van der Waals surface area contributed by atoms with Crippen LogP contribution in [0.3, 0.4) is 0 Å². The number of rotatable bonds is 11. The van der Waals surface area contributed by atoms with Crippen molar-refractivity contribution in [2.75, 3.05) is 5.32 Å². The van der Waals surface area contributed by atoms with Crippen molar-refractivity contribution >= 4 is 50.7 Å². The maximum atomic E-state index is 14.5. The molecule has 2 amide bonds. The van der Waals surface area contributed by atoms with Crippen LogP contribution in [0.4, 0.5) is 11.4 Å². The minimum Gasteiger partial charge on any atom is -0.453 e. The van der Waals surface area contributed by atoms with Gasteiger partial charge in [-0.2, -0.15) is 5.10 Å². The summed E-state index contributed by atoms with van der Waals surface area (Å²) in [5.41, 5.74) is 3.13. The second-order valence-corrected chi connectivity index (χ2v) is 12.9. The molecule has 1 aliphatic heterocycles. The molecule has 0 aromatic heterocycles. The third-order valence-electron chi connectivity index (χ3n) is 8.14. The quantitative estimate of drug-likeness (QED) is 0.0562. The highest BCUT2D eigenvalue weighted by Gasteiger charge is 2.46. The van der Waals surface area contributed by atoms with E-state index in [-0.39, 0.29) is 39.3 Å². The highest BCUT2D eigenvalue weighted by molar-refractivity contribution is 7.89. The fourth-order valence-corrected chi connectivity index (χ4v) is 6.54. The molecule has 260 valence electrons. The normalized spacial score (nSPS) is 14.4. The van der Waals surface area contributed by atoms with Crippen LogP contribution in [0.2, 0.25) is 0 Å². The van der Waals surface area contributed by atoms with Gasteiger partial charge in [0.2, 0.25) is 15.8 Å². The maximum Gasteiger partial charge on any atom is 0.339 e. The molecule has 15 heteroatoms. The number of hydrogen-bond acceptors (Lipinski definition) is 10. The number of nitrogens with one attached hydrogen (secondary N) is 2. The third-order valence-corrected chi connectivity index (χ3v) is 9.11. The fourth-order valence-electron chi connectivity index (χ4n) is 5.80. The highest BCUT2D eigenvalue weighted by Crippen LogP contribution is 2.40. The van der Waals surface area contributed by atoms with Crippen LogP contribution in [0, 0.1) is 16.0 Å². The van der Waals surface area contributed by atoms with Crippen molar-refractivity contribution < 1.29 is 37.3 Å². The molecule has 2 atom stereocenters. The third kappa shape index (κ3) is 7.21. The number of ketones is 1. The number of carbonyl (C=O) groups excluding carboxylic acids is 4. The van der Waals surface area contributed by atoms with E-state index in [1.54, 1.807) is 72.8 Å². The predicted octanol–water partition coefficient (Wildman–Crippen LogP) is 4.78. The minimum absolute atomic E-state index is 0.0637. The number of primary sulfonamides is 1. The number of carbonyl (C=O) groups is 4. The minimum atomic E-state index is -4.36. The van der Waals surface area contributed by atoms with Crippen LogP contribution >= 0.6 is 0 Å². The molecule has 5 aromatic carbocycles. The van der Waals surface area contributed by atoms with E-state index in [1.807, 2.05) is 0 Å². The number of benzene rings is 5. The van der Waals surface area contributed by atoms with Gasteiger partial charge >= 0.3 is 5.97 Å². The van der Waals surface area contributed by atoms with Crippen molar-refractivity contribution in [3.8, 4) is 11.1 Å². The zero-order valence-corrected chi connectivity index (χ0v) is 27.6. The van der Waals surface area contributed by atoms with E-state index in [0.29, 0.717) is 11.1 Å². The first-order chi connectivity index (χ1) is 24.9. The fraction of sp³-hybridized carbons (Fsp3) is 0.0541. The van der Waals surface area contributed by atoms with Gasteiger partial charge in [0, 0.05) is 28.9 Å². The molecule has 0 spiro atoms. The number of nitrogens with two attached hydrogens (primary N) is 1. The molecule has 0 bridgehead atoms. The Morgan fingerprint density at radius 1 is 0.808 bits per heavy atom. The van der Waals surface area contributed by atoms with Crippen molar-refractivity contribution in [1.82, 2.24) is 5.43 Å². The van der Waals surface area contributed by atoms with Gasteiger partial charge in [0.1, 0.15) is 12.0 Å². The molecule has 0 aliphatic carbocycles.